The predicted octanol–water partition coefficient (Wildman–Crippen LogP) is 3.75. The summed E-state index contributed by atoms with van der Waals surface area (Å²) in [6, 6.07) is 12.8. The smallest absolute Gasteiger partial charge is 0.253 e. The Morgan fingerprint density at radius 1 is 0.931 bits per heavy atom. The summed E-state index contributed by atoms with van der Waals surface area (Å²) >= 11 is 0. The van der Waals surface area contributed by atoms with E-state index in [1.165, 1.54) is 6.92 Å². The first-order chi connectivity index (χ1) is 13.8. The number of nitrogens with one attached hydrogen (secondary N) is 2. The highest BCUT2D eigenvalue weighted by Crippen LogP contribution is 2.22. The van der Waals surface area contributed by atoms with Gasteiger partial charge in [-0.2, -0.15) is 0 Å². The highest BCUT2D eigenvalue weighted by molar-refractivity contribution is 5.97. The van der Waals surface area contributed by atoms with Crippen molar-refractivity contribution >= 4 is 29.1 Å². The van der Waals surface area contributed by atoms with Crippen LogP contribution in [0.3, 0.4) is 0 Å². The standard InChI is InChI=1S/C23H27N3O3/c1-15-11-16(2)13-19(12-15)23(29)26-10-4-5-18(14-26)22(28)25-21-8-6-20(7-9-21)24-17(3)27/h6-9,11-13,18H,4-5,10,14H2,1-3H3,(H,24,27)(H,25,28)/t18-/m0/s1. The fourth-order valence-corrected chi connectivity index (χ4v) is 3.74. The first kappa shape index (κ1) is 20.6. The van der Waals surface area contributed by atoms with Gasteiger partial charge in [-0.3, -0.25) is 14.4 Å². The number of piperidine rings is 1. The van der Waals surface area contributed by atoms with Gasteiger partial charge in [0.25, 0.3) is 5.91 Å². The van der Waals surface area contributed by atoms with Gasteiger partial charge in [0.1, 0.15) is 0 Å². The van der Waals surface area contributed by atoms with Crippen LogP contribution >= 0.6 is 0 Å². The van der Waals surface area contributed by atoms with Crippen LogP contribution in [0.4, 0.5) is 11.4 Å². The molecule has 0 unspecified atom stereocenters. The number of carbonyl (C=O) groups is 3. The lowest BCUT2D eigenvalue weighted by atomic mass is 9.96. The van der Waals surface area contributed by atoms with Crippen LogP contribution in [-0.2, 0) is 9.59 Å². The first-order valence-corrected chi connectivity index (χ1v) is 9.88. The summed E-state index contributed by atoms with van der Waals surface area (Å²) in [6.07, 6.45) is 1.56. The summed E-state index contributed by atoms with van der Waals surface area (Å²) in [6.45, 7) is 6.49. The third kappa shape index (κ3) is 5.44. The number of nitrogens with zero attached hydrogens (tertiary/aromatic N) is 1. The Balaban J connectivity index is 1.63. The molecule has 6 nitrogen and oxygen atoms in total. The highest BCUT2D eigenvalue weighted by atomic mass is 16.2. The van der Waals surface area contributed by atoms with Gasteiger partial charge in [-0.05, 0) is 63.1 Å². The van der Waals surface area contributed by atoms with Crippen molar-refractivity contribution in [1.29, 1.82) is 0 Å². The van der Waals surface area contributed by atoms with Crippen molar-refractivity contribution in [2.24, 2.45) is 5.92 Å². The van der Waals surface area contributed by atoms with E-state index < -0.39 is 0 Å². The minimum atomic E-state index is -0.242. The average Bonchev–Trinajstić information content (AvgIpc) is 2.68. The van der Waals surface area contributed by atoms with Gasteiger partial charge >= 0.3 is 0 Å². The second-order valence-electron chi connectivity index (χ2n) is 7.71. The second-order valence-corrected chi connectivity index (χ2v) is 7.71. The minimum Gasteiger partial charge on any atom is -0.338 e. The quantitative estimate of drug-likeness (QED) is 0.830. The number of benzene rings is 2. The molecule has 0 spiro atoms. The molecule has 0 bridgehead atoms. The van der Waals surface area contributed by atoms with Crippen LogP contribution < -0.4 is 10.6 Å². The van der Waals surface area contributed by atoms with Crippen LogP contribution in [0.25, 0.3) is 0 Å². The Kier molecular flexibility index (Phi) is 6.32. The van der Waals surface area contributed by atoms with Crippen molar-refractivity contribution in [3.8, 4) is 0 Å². The summed E-state index contributed by atoms with van der Waals surface area (Å²) in [5.41, 5.74) is 4.14. The summed E-state index contributed by atoms with van der Waals surface area (Å²) < 4.78 is 0. The van der Waals surface area contributed by atoms with Crippen molar-refractivity contribution in [2.45, 2.75) is 33.6 Å². The Morgan fingerprint density at radius 2 is 1.52 bits per heavy atom. The van der Waals surface area contributed by atoms with Gasteiger partial charge in [0.05, 0.1) is 5.92 Å². The normalized spacial score (nSPS) is 16.2. The van der Waals surface area contributed by atoms with Crippen LogP contribution in [-0.4, -0.2) is 35.7 Å². The molecule has 1 heterocycles. The molecule has 0 aromatic heterocycles. The molecule has 0 radical (unpaired) electrons. The van der Waals surface area contributed by atoms with Crippen LogP contribution in [0.1, 0.15) is 41.3 Å². The maximum Gasteiger partial charge on any atom is 0.253 e. The lowest BCUT2D eigenvalue weighted by molar-refractivity contribution is -0.121. The van der Waals surface area contributed by atoms with Gasteiger partial charge < -0.3 is 15.5 Å². The van der Waals surface area contributed by atoms with Gasteiger partial charge in [-0.1, -0.05) is 17.2 Å². The van der Waals surface area contributed by atoms with Crippen LogP contribution in [0, 0.1) is 19.8 Å². The predicted molar refractivity (Wildman–Crippen MR) is 114 cm³/mol. The van der Waals surface area contributed by atoms with E-state index in [1.54, 1.807) is 29.2 Å². The van der Waals surface area contributed by atoms with E-state index in [0.29, 0.717) is 30.0 Å². The summed E-state index contributed by atoms with van der Waals surface area (Å²) in [7, 11) is 0. The van der Waals surface area contributed by atoms with Gasteiger partial charge in [0, 0.05) is 37.0 Å². The molecule has 0 saturated carbocycles. The van der Waals surface area contributed by atoms with E-state index >= 15 is 0 Å². The average molecular weight is 393 g/mol. The largest absolute Gasteiger partial charge is 0.338 e. The van der Waals surface area contributed by atoms with E-state index in [-0.39, 0.29) is 23.6 Å². The maximum absolute atomic E-state index is 12.9. The number of rotatable bonds is 4. The first-order valence-electron chi connectivity index (χ1n) is 9.88. The Labute approximate surface area is 171 Å². The van der Waals surface area contributed by atoms with Gasteiger partial charge in [-0.25, -0.2) is 0 Å². The summed E-state index contributed by atoms with van der Waals surface area (Å²) in [5, 5.41) is 5.61. The fourth-order valence-electron chi connectivity index (χ4n) is 3.74. The second kappa shape index (κ2) is 8.90. The molecule has 29 heavy (non-hydrogen) atoms. The molecule has 2 aromatic rings. The zero-order valence-electron chi connectivity index (χ0n) is 17.1. The molecular formula is C23H27N3O3. The van der Waals surface area contributed by atoms with E-state index in [4.69, 9.17) is 0 Å². The van der Waals surface area contributed by atoms with E-state index in [2.05, 4.69) is 10.6 Å². The maximum atomic E-state index is 12.9. The zero-order chi connectivity index (χ0) is 21.0. The fraction of sp³-hybridized carbons (Fsp3) is 0.348. The molecule has 2 N–H and O–H groups in total. The summed E-state index contributed by atoms with van der Waals surface area (Å²) in [5.74, 6) is -0.490. The zero-order valence-corrected chi connectivity index (χ0v) is 17.1. The molecule has 1 aliphatic rings. The Morgan fingerprint density at radius 3 is 2.10 bits per heavy atom. The number of anilines is 2. The lowest BCUT2D eigenvalue weighted by Gasteiger charge is -2.32. The minimum absolute atomic E-state index is 0.0195. The molecule has 3 amide bonds. The Bertz CT molecular complexity index is 901. The number of aryl methyl sites for hydroxylation is 2. The number of hydrogen-bond acceptors (Lipinski definition) is 3. The van der Waals surface area contributed by atoms with Crippen molar-refractivity contribution in [3.63, 3.8) is 0 Å². The van der Waals surface area contributed by atoms with Gasteiger partial charge in [0.15, 0.2) is 0 Å². The topological polar surface area (TPSA) is 78.5 Å². The molecule has 1 saturated heterocycles. The van der Waals surface area contributed by atoms with Crippen molar-refractivity contribution < 1.29 is 14.4 Å². The van der Waals surface area contributed by atoms with Gasteiger partial charge in [-0.15, -0.1) is 0 Å². The van der Waals surface area contributed by atoms with E-state index in [1.807, 2.05) is 32.0 Å². The highest BCUT2D eigenvalue weighted by Gasteiger charge is 2.29. The monoisotopic (exact) mass is 393 g/mol. The number of hydrogen-bond donors (Lipinski definition) is 2. The molecular weight excluding hydrogens is 366 g/mol. The lowest BCUT2D eigenvalue weighted by Crippen LogP contribution is -2.43. The number of amides is 3. The SMILES string of the molecule is CC(=O)Nc1ccc(NC(=O)[C@H]2CCCN(C(=O)c3cc(C)cc(C)c3)C2)cc1. The molecule has 3 rings (SSSR count). The van der Waals surface area contributed by atoms with E-state index in [0.717, 1.165) is 24.0 Å². The van der Waals surface area contributed by atoms with Crippen LogP contribution in [0.15, 0.2) is 42.5 Å². The number of likely N-dealkylation sites (tertiary alicyclic amines) is 1. The van der Waals surface area contributed by atoms with Crippen molar-refractivity contribution in [3.05, 3.63) is 59.2 Å². The van der Waals surface area contributed by atoms with Crippen LogP contribution in [0.2, 0.25) is 0 Å². The third-order valence-corrected chi connectivity index (χ3v) is 5.02. The molecule has 2 aromatic carbocycles. The third-order valence-electron chi connectivity index (χ3n) is 5.02. The summed E-state index contributed by atoms with van der Waals surface area (Å²) in [4.78, 5) is 38.5. The van der Waals surface area contributed by atoms with Crippen molar-refractivity contribution in [1.82, 2.24) is 4.90 Å². The molecule has 1 fully saturated rings. The molecule has 1 aliphatic heterocycles. The van der Waals surface area contributed by atoms with Crippen molar-refractivity contribution in [2.75, 3.05) is 23.7 Å². The van der Waals surface area contributed by atoms with Gasteiger partial charge in [0.2, 0.25) is 11.8 Å². The molecule has 1 atom stereocenters. The van der Waals surface area contributed by atoms with Crippen LogP contribution in [0.5, 0.6) is 0 Å². The Hall–Kier alpha value is -3.15. The number of carbonyl (C=O) groups excluding carboxylic acids is 3. The molecule has 0 aliphatic carbocycles. The molecule has 6 heteroatoms. The van der Waals surface area contributed by atoms with E-state index in [9.17, 15) is 14.4 Å². The molecule has 152 valence electrons.